The molecule has 1 aliphatic rings. The highest BCUT2D eigenvalue weighted by Gasteiger charge is 2.15. The first kappa shape index (κ1) is 16.3. The number of benzene rings is 1. The van der Waals surface area contributed by atoms with Crippen LogP contribution in [0.2, 0.25) is 0 Å². The SMILES string of the molecule is Cc1cccc(NC(=O)CCNC(=O)NC2CCCCC2)c1. The van der Waals surface area contributed by atoms with Crippen molar-refractivity contribution in [1.82, 2.24) is 10.6 Å². The molecule has 3 N–H and O–H groups in total. The molecule has 5 nitrogen and oxygen atoms in total. The quantitative estimate of drug-likeness (QED) is 0.782. The minimum absolute atomic E-state index is 0.0939. The van der Waals surface area contributed by atoms with E-state index in [0.717, 1.165) is 24.1 Å². The number of carbonyl (C=O) groups is 2. The van der Waals surface area contributed by atoms with Crippen LogP contribution in [0.25, 0.3) is 0 Å². The molecule has 3 amide bonds. The molecule has 2 rings (SSSR count). The number of anilines is 1. The summed E-state index contributed by atoms with van der Waals surface area (Å²) in [6.45, 7) is 2.32. The number of amides is 3. The van der Waals surface area contributed by atoms with E-state index < -0.39 is 0 Å². The summed E-state index contributed by atoms with van der Waals surface area (Å²) in [5, 5.41) is 8.54. The summed E-state index contributed by atoms with van der Waals surface area (Å²) in [7, 11) is 0. The van der Waals surface area contributed by atoms with E-state index in [1.165, 1.54) is 19.3 Å². The Morgan fingerprint density at radius 3 is 2.68 bits per heavy atom. The van der Waals surface area contributed by atoms with Gasteiger partial charge in [-0.05, 0) is 37.5 Å². The Morgan fingerprint density at radius 2 is 1.95 bits per heavy atom. The third kappa shape index (κ3) is 5.76. The van der Waals surface area contributed by atoms with Gasteiger partial charge in [0.05, 0.1) is 0 Å². The fourth-order valence-corrected chi connectivity index (χ4v) is 2.72. The van der Waals surface area contributed by atoms with Crippen LogP contribution in [-0.4, -0.2) is 24.5 Å². The highest BCUT2D eigenvalue weighted by atomic mass is 16.2. The van der Waals surface area contributed by atoms with Gasteiger partial charge in [0.15, 0.2) is 0 Å². The molecule has 1 fully saturated rings. The second kappa shape index (κ2) is 8.41. The summed E-state index contributed by atoms with van der Waals surface area (Å²) in [5.74, 6) is -0.0939. The van der Waals surface area contributed by atoms with Crippen molar-refractivity contribution >= 4 is 17.6 Å². The van der Waals surface area contributed by atoms with Gasteiger partial charge >= 0.3 is 6.03 Å². The van der Waals surface area contributed by atoms with E-state index in [9.17, 15) is 9.59 Å². The normalized spacial score (nSPS) is 15.1. The molecule has 0 atom stereocenters. The van der Waals surface area contributed by atoms with Crippen molar-refractivity contribution in [2.45, 2.75) is 51.5 Å². The van der Waals surface area contributed by atoms with Gasteiger partial charge in [-0.3, -0.25) is 4.79 Å². The zero-order chi connectivity index (χ0) is 15.8. The predicted octanol–water partition coefficient (Wildman–Crippen LogP) is 2.96. The summed E-state index contributed by atoms with van der Waals surface area (Å²) in [5.41, 5.74) is 1.89. The Kier molecular flexibility index (Phi) is 6.25. The third-order valence-electron chi connectivity index (χ3n) is 3.88. The van der Waals surface area contributed by atoms with Crippen molar-refractivity contribution in [1.29, 1.82) is 0 Å². The summed E-state index contributed by atoms with van der Waals surface area (Å²) in [4.78, 5) is 23.6. The fraction of sp³-hybridized carbons (Fsp3) is 0.529. The van der Waals surface area contributed by atoms with Crippen LogP contribution in [-0.2, 0) is 4.79 Å². The molecule has 5 heteroatoms. The largest absolute Gasteiger partial charge is 0.338 e. The standard InChI is InChI=1S/C17H25N3O2/c1-13-6-5-9-15(12-13)19-16(21)10-11-18-17(22)20-14-7-3-2-4-8-14/h5-6,9,12,14H,2-4,7-8,10-11H2,1H3,(H,19,21)(H2,18,20,22). The fourth-order valence-electron chi connectivity index (χ4n) is 2.72. The number of carbonyl (C=O) groups excluding carboxylic acids is 2. The Balaban J connectivity index is 1.63. The molecule has 1 aromatic carbocycles. The molecule has 0 heterocycles. The predicted molar refractivity (Wildman–Crippen MR) is 87.8 cm³/mol. The van der Waals surface area contributed by atoms with E-state index >= 15 is 0 Å². The Labute approximate surface area is 131 Å². The van der Waals surface area contributed by atoms with Crippen LogP contribution in [0.3, 0.4) is 0 Å². The number of nitrogens with one attached hydrogen (secondary N) is 3. The van der Waals surface area contributed by atoms with Gasteiger partial charge in [-0.25, -0.2) is 4.79 Å². The molecule has 0 radical (unpaired) electrons. The van der Waals surface area contributed by atoms with Gasteiger partial charge in [-0.2, -0.15) is 0 Å². The maximum atomic E-state index is 11.8. The molecule has 1 aromatic rings. The molecule has 0 bridgehead atoms. The van der Waals surface area contributed by atoms with Crippen LogP contribution in [0.15, 0.2) is 24.3 Å². The van der Waals surface area contributed by atoms with Gasteiger partial charge < -0.3 is 16.0 Å². The van der Waals surface area contributed by atoms with Crippen molar-refractivity contribution in [3.05, 3.63) is 29.8 Å². The second-order valence-electron chi connectivity index (χ2n) is 5.90. The van der Waals surface area contributed by atoms with E-state index in [2.05, 4.69) is 16.0 Å². The molecule has 1 saturated carbocycles. The highest BCUT2D eigenvalue weighted by molar-refractivity contribution is 5.91. The second-order valence-corrected chi connectivity index (χ2v) is 5.90. The Hall–Kier alpha value is -2.04. The summed E-state index contributed by atoms with van der Waals surface area (Å²) >= 11 is 0. The minimum atomic E-state index is -0.171. The number of rotatable bonds is 5. The van der Waals surface area contributed by atoms with Gasteiger partial charge in [-0.15, -0.1) is 0 Å². The van der Waals surface area contributed by atoms with Crippen LogP contribution in [0.5, 0.6) is 0 Å². The molecule has 0 aliphatic heterocycles. The Morgan fingerprint density at radius 1 is 1.18 bits per heavy atom. The maximum absolute atomic E-state index is 11.8. The van der Waals surface area contributed by atoms with Crippen molar-refractivity contribution in [3.63, 3.8) is 0 Å². The van der Waals surface area contributed by atoms with Crippen LogP contribution in [0.1, 0.15) is 44.1 Å². The lowest BCUT2D eigenvalue weighted by atomic mass is 9.96. The topological polar surface area (TPSA) is 70.2 Å². The molecular weight excluding hydrogens is 278 g/mol. The van der Waals surface area contributed by atoms with E-state index in [-0.39, 0.29) is 24.4 Å². The number of hydrogen-bond donors (Lipinski definition) is 3. The van der Waals surface area contributed by atoms with Gasteiger partial charge in [0.2, 0.25) is 5.91 Å². The number of urea groups is 1. The highest BCUT2D eigenvalue weighted by Crippen LogP contribution is 2.17. The minimum Gasteiger partial charge on any atom is -0.338 e. The van der Waals surface area contributed by atoms with Gasteiger partial charge in [0.25, 0.3) is 0 Å². The number of aryl methyl sites for hydroxylation is 1. The zero-order valence-corrected chi connectivity index (χ0v) is 13.2. The van der Waals surface area contributed by atoms with Crippen LogP contribution < -0.4 is 16.0 Å². The summed E-state index contributed by atoms with van der Waals surface area (Å²) < 4.78 is 0. The molecule has 22 heavy (non-hydrogen) atoms. The molecule has 0 aromatic heterocycles. The van der Waals surface area contributed by atoms with Gasteiger partial charge in [0.1, 0.15) is 0 Å². The van der Waals surface area contributed by atoms with E-state index in [0.29, 0.717) is 6.54 Å². The zero-order valence-electron chi connectivity index (χ0n) is 13.2. The third-order valence-corrected chi connectivity index (χ3v) is 3.88. The van der Waals surface area contributed by atoms with E-state index in [1.54, 1.807) is 0 Å². The first-order chi connectivity index (χ1) is 10.6. The average molecular weight is 303 g/mol. The molecular formula is C17H25N3O2. The first-order valence-electron chi connectivity index (χ1n) is 8.04. The lowest BCUT2D eigenvalue weighted by Crippen LogP contribution is -2.43. The molecule has 1 aliphatic carbocycles. The lowest BCUT2D eigenvalue weighted by molar-refractivity contribution is -0.116. The van der Waals surface area contributed by atoms with Crippen LogP contribution in [0.4, 0.5) is 10.5 Å². The Bertz CT molecular complexity index is 510. The van der Waals surface area contributed by atoms with Crippen LogP contribution >= 0.6 is 0 Å². The summed E-state index contributed by atoms with van der Waals surface area (Å²) in [6, 6.07) is 7.77. The molecule has 0 spiro atoms. The van der Waals surface area contributed by atoms with E-state index in [1.807, 2.05) is 31.2 Å². The smallest absolute Gasteiger partial charge is 0.315 e. The average Bonchev–Trinajstić information content (AvgIpc) is 2.48. The van der Waals surface area contributed by atoms with E-state index in [4.69, 9.17) is 0 Å². The molecule has 0 saturated heterocycles. The van der Waals surface area contributed by atoms with Crippen molar-refractivity contribution in [2.24, 2.45) is 0 Å². The van der Waals surface area contributed by atoms with Crippen LogP contribution in [0, 0.1) is 6.92 Å². The maximum Gasteiger partial charge on any atom is 0.315 e. The molecule has 0 unspecified atom stereocenters. The van der Waals surface area contributed by atoms with Crippen molar-refractivity contribution in [3.8, 4) is 0 Å². The number of hydrogen-bond acceptors (Lipinski definition) is 2. The lowest BCUT2D eigenvalue weighted by Gasteiger charge is -2.22. The first-order valence-corrected chi connectivity index (χ1v) is 8.04. The molecule has 120 valence electrons. The van der Waals surface area contributed by atoms with Gasteiger partial charge in [-0.1, -0.05) is 31.4 Å². The summed E-state index contributed by atoms with van der Waals surface area (Å²) in [6.07, 6.45) is 6.02. The van der Waals surface area contributed by atoms with Crippen molar-refractivity contribution < 1.29 is 9.59 Å². The van der Waals surface area contributed by atoms with Crippen molar-refractivity contribution in [2.75, 3.05) is 11.9 Å². The van der Waals surface area contributed by atoms with Gasteiger partial charge in [0, 0.05) is 24.7 Å². The monoisotopic (exact) mass is 303 g/mol.